The molecule has 1 rings (SSSR count). The van der Waals surface area contributed by atoms with Gasteiger partial charge in [0.05, 0.1) is 25.4 Å². The first-order chi connectivity index (χ1) is 18.7. The summed E-state index contributed by atoms with van der Waals surface area (Å²) in [6, 6.07) is 0. The second-order valence-electron chi connectivity index (χ2n) is 7.69. The monoisotopic (exact) mass is 765 g/mol. The maximum atomic E-state index is 10.2. The minimum Gasteiger partial charge on any atom is -1.00 e. The van der Waals surface area contributed by atoms with E-state index in [-0.39, 0.29) is 88.3 Å². The zero-order valence-electron chi connectivity index (χ0n) is 27.0. The molecule has 1 saturated heterocycles. The summed E-state index contributed by atoms with van der Waals surface area (Å²) in [5.41, 5.74) is 0. The van der Waals surface area contributed by atoms with E-state index in [1.165, 1.54) is 21.3 Å². The normalized spacial score (nSPS) is 23.6. The molecule has 1 aliphatic heterocycles. The summed E-state index contributed by atoms with van der Waals surface area (Å²) in [5, 5.41) is 45.5. The number of aldehydes is 2. The molecule has 43 heavy (non-hydrogen) atoms. The average Bonchev–Trinajstić information content (AvgIpc) is 2.93. The van der Waals surface area contributed by atoms with Gasteiger partial charge in [0.2, 0.25) is 6.29 Å². The Bertz CT molecular complexity index is 563. The van der Waals surface area contributed by atoms with E-state index in [1.54, 1.807) is 6.92 Å². The third-order valence-corrected chi connectivity index (χ3v) is 4.92. The Labute approximate surface area is 306 Å². The van der Waals surface area contributed by atoms with Crippen molar-refractivity contribution in [2.45, 2.75) is 95.5 Å². The van der Waals surface area contributed by atoms with Crippen molar-refractivity contribution in [3.05, 3.63) is 0 Å². The van der Waals surface area contributed by atoms with E-state index in [0.29, 0.717) is 31.8 Å². The number of halogens is 1. The molecule has 0 saturated carbocycles. The van der Waals surface area contributed by atoms with Gasteiger partial charge in [-0.3, -0.25) is 18.5 Å². The first-order valence-electron chi connectivity index (χ1n) is 12.0. The minimum atomic E-state index is -5.94. The summed E-state index contributed by atoms with van der Waals surface area (Å²) < 4.78 is 63.8. The number of hydrogen-bond acceptors (Lipinski definition) is 17. The Balaban J connectivity index is -0.0000000835. The quantitative estimate of drug-likeness (QED) is 0.0475. The summed E-state index contributed by atoms with van der Waals surface area (Å²) in [7, 11) is 4.17. The van der Waals surface area contributed by atoms with Crippen LogP contribution in [0.4, 0.5) is 0 Å². The topological polar surface area (TPSA) is 283 Å². The number of ether oxygens (including phenoxy) is 6. The summed E-state index contributed by atoms with van der Waals surface area (Å²) in [6.45, 7) is 5.27. The largest absolute Gasteiger partial charge is 1.00 e. The van der Waals surface area contributed by atoms with Crippen LogP contribution in [0.15, 0.2) is 0 Å². The van der Waals surface area contributed by atoms with Gasteiger partial charge in [-0.2, -0.15) is 0 Å². The molecule has 17 nitrogen and oxygen atoms in total. The van der Waals surface area contributed by atoms with Crippen molar-refractivity contribution in [3.8, 4) is 0 Å². The van der Waals surface area contributed by atoms with E-state index in [2.05, 4.69) is 4.74 Å². The van der Waals surface area contributed by atoms with Crippen LogP contribution in [-0.2, 0) is 38.0 Å². The molecule has 9 unspecified atom stereocenters. The molecule has 247 valence electrons. The zero-order chi connectivity index (χ0) is 31.9. The Kier molecular flexibility index (Phi) is 46.1. The molecule has 0 aromatic rings. The van der Waals surface area contributed by atoms with Gasteiger partial charge in [0.1, 0.15) is 50.8 Å². The molecule has 1 heterocycles. The van der Waals surface area contributed by atoms with Crippen LogP contribution in [0.25, 0.3) is 0 Å². The maximum absolute atomic E-state index is 10.2. The molecule has 0 spiro atoms. The van der Waals surface area contributed by atoms with Crippen molar-refractivity contribution in [1.82, 2.24) is 0 Å². The molecule has 1 fully saturated rings. The smallest absolute Gasteiger partial charge is 1.00 e. The summed E-state index contributed by atoms with van der Waals surface area (Å²) >= 11 is -5.94. The number of methoxy groups -OCH3 is 3. The Morgan fingerprint density at radius 1 is 0.837 bits per heavy atom. The van der Waals surface area contributed by atoms with Gasteiger partial charge >= 0.3 is 59.1 Å². The summed E-state index contributed by atoms with van der Waals surface area (Å²) in [4.78, 5) is 20.3. The summed E-state index contributed by atoms with van der Waals surface area (Å²) in [6.07, 6.45) is -4.17. The van der Waals surface area contributed by atoms with Gasteiger partial charge in [0.25, 0.3) is 0 Å². The van der Waals surface area contributed by atoms with Crippen molar-refractivity contribution < 1.29 is 158 Å². The fraction of sp³-hybridized carbons (Fsp3) is 0.909. The van der Waals surface area contributed by atoms with Crippen LogP contribution in [0.3, 0.4) is 0 Å². The molecular weight excluding hydrogens is 720 g/mol. The Morgan fingerprint density at radius 3 is 1.63 bits per heavy atom. The Hall–Kier alpha value is 1.53. The molecule has 3 radical (unpaired) electrons. The first kappa shape index (κ1) is 56.8. The van der Waals surface area contributed by atoms with E-state index in [1.807, 2.05) is 13.8 Å². The SMILES string of the molecule is CCC(C=O)OC(C=O)OC.CCC(CO)OC(CO)OC.CCC1OC(OC)C(O)C(O)C1O.[B].[H-].[Na+].[Na+].[O-][I+3]([O-])([O-])[O-]. The van der Waals surface area contributed by atoms with Gasteiger partial charge in [-0.25, -0.2) is 0 Å². The van der Waals surface area contributed by atoms with Crippen LogP contribution in [-0.4, -0.2) is 137 Å². The zero-order valence-corrected chi connectivity index (χ0v) is 32.1. The van der Waals surface area contributed by atoms with Crippen LogP contribution in [0, 0.1) is 0 Å². The van der Waals surface area contributed by atoms with Crippen LogP contribution in [0.1, 0.15) is 41.5 Å². The third-order valence-electron chi connectivity index (χ3n) is 4.92. The molecule has 0 amide bonds. The van der Waals surface area contributed by atoms with Gasteiger partial charge in [0, 0.05) is 29.7 Å². The second-order valence-corrected chi connectivity index (χ2v) is 9.85. The van der Waals surface area contributed by atoms with Crippen LogP contribution in [0.2, 0.25) is 0 Å². The standard InChI is InChI=1S/C8H16O5.C7H16O4.C7H12O4.B.IO4.2Na.H/c1-3-4-5(9)6(10)7(11)8(12-2)13-4;2*1-3-6(4-8)11-7(5-9)10-2;;2-1(3,4)5;;;/h4-11H,3H2,1-2H3;6-9H,3-5H2,1-2H3;4-7H,3H2,1-2H3;;;;;/q;;;;-1;2*+1;-1. The fourth-order valence-electron chi connectivity index (χ4n) is 2.65. The molecule has 0 aliphatic carbocycles. The molecular formula is C22H45BINa2O17. The molecule has 21 heteroatoms. The van der Waals surface area contributed by atoms with E-state index < -0.39 is 69.5 Å². The molecule has 9 atom stereocenters. The van der Waals surface area contributed by atoms with Gasteiger partial charge in [-0.1, -0.05) is 20.8 Å². The second kappa shape index (κ2) is 34.9. The minimum absolute atomic E-state index is 0. The number of rotatable bonds is 14. The fourth-order valence-corrected chi connectivity index (χ4v) is 2.65. The van der Waals surface area contributed by atoms with E-state index in [9.17, 15) is 24.9 Å². The molecule has 1 aliphatic rings. The van der Waals surface area contributed by atoms with Crippen molar-refractivity contribution >= 4 is 21.0 Å². The number of aliphatic hydroxyl groups is 5. The summed E-state index contributed by atoms with van der Waals surface area (Å²) in [5.74, 6) is 0. The Morgan fingerprint density at radius 2 is 1.35 bits per heavy atom. The van der Waals surface area contributed by atoms with Gasteiger partial charge in [0.15, 0.2) is 18.9 Å². The number of aliphatic hydroxyl groups excluding tert-OH is 5. The van der Waals surface area contributed by atoms with Gasteiger partial charge in [-0.05, 0) is 19.3 Å². The molecule has 0 aromatic heterocycles. The predicted molar refractivity (Wildman–Crippen MR) is 129 cm³/mol. The van der Waals surface area contributed by atoms with Crippen molar-refractivity contribution in [2.75, 3.05) is 34.5 Å². The van der Waals surface area contributed by atoms with Gasteiger partial charge < -0.3 is 60.2 Å². The molecule has 0 bridgehead atoms. The average molecular weight is 765 g/mol. The van der Waals surface area contributed by atoms with Gasteiger partial charge in [-0.15, -0.1) is 0 Å². The first-order valence-corrected chi connectivity index (χ1v) is 15.5. The maximum Gasteiger partial charge on any atom is 1.00 e. The van der Waals surface area contributed by atoms with Crippen molar-refractivity contribution in [1.29, 1.82) is 0 Å². The van der Waals surface area contributed by atoms with Crippen LogP contribution >= 0.6 is 0 Å². The molecule has 5 N–H and O–H groups in total. The van der Waals surface area contributed by atoms with E-state index in [0.717, 1.165) is 0 Å². The van der Waals surface area contributed by atoms with E-state index >= 15 is 0 Å². The van der Waals surface area contributed by atoms with Crippen LogP contribution < -0.4 is 93.0 Å². The van der Waals surface area contributed by atoms with Crippen molar-refractivity contribution in [2.24, 2.45) is 0 Å². The third kappa shape index (κ3) is 30.6. The number of hydrogen-bond donors (Lipinski definition) is 5. The number of carbonyl (C=O) groups excluding carboxylic acids is 2. The number of carbonyl (C=O) groups is 2. The van der Waals surface area contributed by atoms with Crippen LogP contribution in [0.5, 0.6) is 0 Å². The van der Waals surface area contributed by atoms with E-state index in [4.69, 9.17) is 47.6 Å². The molecule has 0 aromatic carbocycles. The van der Waals surface area contributed by atoms with Crippen molar-refractivity contribution in [3.63, 3.8) is 0 Å². The predicted octanol–water partition coefficient (Wildman–Crippen LogP) is -15.3.